The number of benzene rings is 2. The Morgan fingerprint density at radius 3 is 2.37 bits per heavy atom. The minimum absolute atomic E-state index is 0. The van der Waals surface area contributed by atoms with Gasteiger partial charge >= 0.3 is 0 Å². The van der Waals surface area contributed by atoms with E-state index in [9.17, 15) is 8.42 Å². The second-order valence-corrected chi connectivity index (χ2v) is 11.1. The van der Waals surface area contributed by atoms with E-state index >= 15 is 0 Å². The van der Waals surface area contributed by atoms with Gasteiger partial charge in [-0.05, 0) is 69.6 Å². The number of nitrogens with one attached hydrogen (secondary N) is 1. The van der Waals surface area contributed by atoms with Crippen LogP contribution in [0, 0.1) is 6.92 Å². The summed E-state index contributed by atoms with van der Waals surface area (Å²) in [7, 11) is -1.48. The highest BCUT2D eigenvalue weighted by atomic mass is 32.2. The second kappa shape index (κ2) is 10.1. The molecule has 0 atom stereocenters. The molecule has 35 heavy (non-hydrogen) atoms. The first-order valence-electron chi connectivity index (χ1n) is 11.5. The van der Waals surface area contributed by atoms with Crippen molar-refractivity contribution >= 4 is 9.84 Å². The number of aromatic nitrogens is 4. The molecular formula is C26H31N5O3S. The lowest BCUT2D eigenvalue weighted by atomic mass is 10.1. The van der Waals surface area contributed by atoms with Gasteiger partial charge in [0.05, 0.1) is 27.7 Å². The molecule has 0 bridgehead atoms. The average Bonchev–Trinajstić information content (AvgIpc) is 3.34. The molecule has 0 aliphatic rings. The van der Waals surface area contributed by atoms with Crippen LogP contribution in [0.2, 0.25) is 0 Å². The first kappa shape index (κ1) is 24.7. The molecular weight excluding hydrogens is 462 g/mol. The van der Waals surface area contributed by atoms with Crippen molar-refractivity contribution in [2.24, 2.45) is 0 Å². The molecule has 0 radical (unpaired) electrons. The molecule has 0 aliphatic carbocycles. The maximum atomic E-state index is 12.8. The van der Waals surface area contributed by atoms with Crippen LogP contribution in [0.25, 0.3) is 34.3 Å². The van der Waals surface area contributed by atoms with Crippen molar-refractivity contribution in [1.29, 1.82) is 0 Å². The molecule has 8 nitrogen and oxygen atoms in total. The van der Waals surface area contributed by atoms with Crippen molar-refractivity contribution in [2.45, 2.75) is 50.8 Å². The van der Waals surface area contributed by atoms with Crippen LogP contribution in [0.3, 0.4) is 0 Å². The summed E-state index contributed by atoms with van der Waals surface area (Å²) in [4.78, 5) is 9.59. The van der Waals surface area contributed by atoms with E-state index in [1.54, 1.807) is 32.2 Å². The average molecular weight is 494 g/mol. The Kier molecular flexibility index (Phi) is 7.09. The lowest BCUT2D eigenvalue weighted by molar-refractivity contribution is 0.581. The maximum absolute atomic E-state index is 12.8. The Balaban J connectivity index is 0.00000361. The van der Waals surface area contributed by atoms with Crippen molar-refractivity contribution in [3.8, 4) is 34.3 Å². The topological polar surface area (TPSA) is 111 Å². The summed E-state index contributed by atoms with van der Waals surface area (Å²) in [5.74, 6) is 0.681. The Morgan fingerprint density at radius 1 is 1.03 bits per heavy atom. The number of rotatable bonds is 8. The first-order chi connectivity index (χ1) is 16.7. The molecule has 1 N–H and O–H groups in total. The van der Waals surface area contributed by atoms with Crippen molar-refractivity contribution in [3.63, 3.8) is 0 Å². The van der Waals surface area contributed by atoms with Gasteiger partial charge in [0, 0.05) is 19.1 Å². The molecule has 2 aromatic carbocycles. The molecule has 0 fully saturated rings. The van der Waals surface area contributed by atoms with E-state index < -0.39 is 15.1 Å². The van der Waals surface area contributed by atoms with E-state index in [0.29, 0.717) is 34.3 Å². The highest BCUT2D eigenvalue weighted by Crippen LogP contribution is 2.29. The third-order valence-electron chi connectivity index (χ3n) is 5.83. The highest BCUT2D eigenvalue weighted by Gasteiger charge is 2.23. The van der Waals surface area contributed by atoms with E-state index in [0.717, 1.165) is 28.8 Å². The van der Waals surface area contributed by atoms with E-state index in [-0.39, 0.29) is 7.32 Å². The quantitative estimate of drug-likeness (QED) is 0.370. The zero-order chi connectivity index (χ0) is 25.2. The summed E-state index contributed by atoms with van der Waals surface area (Å²) in [6.07, 6.45) is 2.25. The number of hydrogen-bond acceptors (Lipinski definition) is 8. The Labute approximate surface area is 207 Å². The minimum atomic E-state index is -3.38. The van der Waals surface area contributed by atoms with Crippen molar-refractivity contribution in [3.05, 3.63) is 65.5 Å². The monoisotopic (exact) mass is 493 g/mol. The lowest BCUT2D eigenvalue weighted by Crippen LogP contribution is -2.16. The molecule has 2 aromatic heterocycles. The van der Waals surface area contributed by atoms with Gasteiger partial charge in [-0.3, -0.25) is 4.98 Å². The molecule has 0 saturated heterocycles. The normalized spacial score (nSPS) is 11.8. The standard InChI is InChI=1S/C26H29N5O3S.H2/c1-6-19-13-21(11-12-23(19)35(32,33)16(2)3)22-15-28-17(4)24(29-22)26-31-30-25(34-26)20-9-7-18(8-10-20)14-27-5;/h7-13,15-16,27H,6,14H2,1-5H3;1H. The third-order valence-corrected chi connectivity index (χ3v) is 8.08. The Morgan fingerprint density at radius 2 is 1.71 bits per heavy atom. The zero-order valence-electron chi connectivity index (χ0n) is 20.5. The molecule has 0 unspecified atom stereocenters. The van der Waals surface area contributed by atoms with Gasteiger partial charge in [0.15, 0.2) is 9.84 Å². The van der Waals surface area contributed by atoms with Gasteiger partial charge in [0.2, 0.25) is 5.89 Å². The van der Waals surface area contributed by atoms with Crippen molar-refractivity contribution < 1.29 is 14.3 Å². The van der Waals surface area contributed by atoms with E-state index in [4.69, 9.17) is 9.40 Å². The molecule has 0 aliphatic heterocycles. The number of aryl methyl sites for hydroxylation is 2. The predicted molar refractivity (Wildman–Crippen MR) is 138 cm³/mol. The predicted octanol–water partition coefficient (Wildman–Crippen LogP) is 4.88. The van der Waals surface area contributed by atoms with Crippen LogP contribution in [0.15, 0.2) is 58.0 Å². The molecule has 0 spiro atoms. The fourth-order valence-electron chi connectivity index (χ4n) is 3.74. The van der Waals surface area contributed by atoms with Gasteiger partial charge in [-0.25, -0.2) is 13.4 Å². The minimum Gasteiger partial charge on any atom is -0.415 e. The van der Waals surface area contributed by atoms with E-state index in [1.165, 1.54) is 0 Å². The van der Waals surface area contributed by atoms with E-state index in [1.807, 2.05) is 51.2 Å². The van der Waals surface area contributed by atoms with Crippen molar-refractivity contribution in [2.75, 3.05) is 7.05 Å². The summed E-state index contributed by atoms with van der Waals surface area (Å²) in [6, 6.07) is 13.2. The molecule has 4 rings (SSSR count). The van der Waals surface area contributed by atoms with Crippen LogP contribution >= 0.6 is 0 Å². The van der Waals surface area contributed by atoms with Gasteiger partial charge in [-0.2, -0.15) is 0 Å². The highest BCUT2D eigenvalue weighted by molar-refractivity contribution is 7.92. The van der Waals surface area contributed by atoms with Gasteiger partial charge in [0.1, 0.15) is 5.69 Å². The van der Waals surface area contributed by atoms with Crippen LogP contribution in [0.4, 0.5) is 0 Å². The SMILES string of the molecule is CCc1cc(-c2cnc(C)c(-c3nnc(-c4ccc(CNC)cc4)o3)n2)ccc1S(=O)(=O)C(C)C.[HH]. The summed E-state index contributed by atoms with van der Waals surface area (Å²) >= 11 is 0. The molecule has 184 valence electrons. The zero-order valence-corrected chi connectivity index (χ0v) is 21.3. The first-order valence-corrected chi connectivity index (χ1v) is 13.1. The molecule has 0 saturated carbocycles. The van der Waals surface area contributed by atoms with Crippen LogP contribution in [-0.4, -0.2) is 40.9 Å². The fourth-order valence-corrected chi connectivity index (χ4v) is 5.08. The summed E-state index contributed by atoms with van der Waals surface area (Å²) < 4.78 is 31.5. The van der Waals surface area contributed by atoms with Crippen molar-refractivity contribution in [1.82, 2.24) is 25.5 Å². The van der Waals surface area contributed by atoms with Crippen LogP contribution in [0.1, 0.15) is 39.0 Å². The fraction of sp³-hybridized carbons (Fsp3) is 0.308. The lowest BCUT2D eigenvalue weighted by Gasteiger charge is -2.14. The van der Waals surface area contributed by atoms with Gasteiger partial charge in [0.25, 0.3) is 5.89 Å². The third kappa shape index (κ3) is 5.01. The van der Waals surface area contributed by atoms with Crippen LogP contribution in [-0.2, 0) is 22.8 Å². The molecule has 4 aromatic rings. The summed E-state index contributed by atoms with van der Waals surface area (Å²) in [5, 5.41) is 11.0. The summed E-state index contributed by atoms with van der Waals surface area (Å²) in [5.41, 5.74) is 5.25. The Bertz CT molecular complexity index is 1450. The van der Waals surface area contributed by atoms with Gasteiger partial charge < -0.3 is 9.73 Å². The van der Waals surface area contributed by atoms with Gasteiger partial charge in [-0.1, -0.05) is 25.1 Å². The molecule has 9 heteroatoms. The van der Waals surface area contributed by atoms with Crippen LogP contribution < -0.4 is 5.32 Å². The number of hydrogen-bond donors (Lipinski definition) is 1. The largest absolute Gasteiger partial charge is 0.415 e. The Hall–Kier alpha value is -3.43. The van der Waals surface area contributed by atoms with Crippen LogP contribution in [0.5, 0.6) is 0 Å². The second-order valence-electron chi connectivity index (χ2n) is 8.60. The molecule has 0 amide bonds. The maximum Gasteiger partial charge on any atom is 0.268 e. The number of sulfone groups is 1. The molecule has 2 heterocycles. The van der Waals surface area contributed by atoms with E-state index in [2.05, 4.69) is 20.5 Å². The smallest absolute Gasteiger partial charge is 0.268 e. The summed E-state index contributed by atoms with van der Waals surface area (Å²) in [6.45, 7) is 7.93. The number of nitrogens with zero attached hydrogens (tertiary/aromatic N) is 4. The van der Waals surface area contributed by atoms with Gasteiger partial charge in [-0.15, -0.1) is 10.2 Å².